The van der Waals surface area contributed by atoms with Crippen LogP contribution in [-0.4, -0.2) is 28.1 Å². The Hall–Kier alpha value is -2.38. The zero-order valence-corrected chi connectivity index (χ0v) is 13.6. The second-order valence-electron chi connectivity index (χ2n) is 4.71. The van der Waals surface area contributed by atoms with Gasteiger partial charge in [-0.05, 0) is 29.8 Å². The second kappa shape index (κ2) is 6.39. The first-order valence-corrected chi connectivity index (χ1v) is 7.83. The third-order valence-corrected chi connectivity index (χ3v) is 4.62. The van der Waals surface area contributed by atoms with Gasteiger partial charge in [-0.2, -0.15) is 0 Å². The maximum Gasteiger partial charge on any atom is 0.346 e. The van der Waals surface area contributed by atoms with E-state index in [0.29, 0.717) is 20.5 Å². The number of carbonyl (C=O) groups excluding carboxylic acids is 2. The largest absolute Gasteiger partial charge is 0.472 e. The van der Waals surface area contributed by atoms with Gasteiger partial charge in [-0.25, -0.2) is 4.79 Å². The third kappa shape index (κ3) is 3.35. The van der Waals surface area contributed by atoms with Crippen molar-refractivity contribution in [2.75, 3.05) is 7.05 Å². The van der Waals surface area contributed by atoms with Gasteiger partial charge in [-0.3, -0.25) is 9.69 Å². The first-order chi connectivity index (χ1) is 11.0. The van der Waals surface area contributed by atoms with E-state index >= 15 is 0 Å². The Labute approximate surface area is 141 Å². The van der Waals surface area contributed by atoms with Crippen molar-refractivity contribution in [1.29, 1.82) is 0 Å². The van der Waals surface area contributed by atoms with Crippen LogP contribution >= 0.6 is 24.0 Å². The summed E-state index contributed by atoms with van der Waals surface area (Å²) in [6, 6.07) is 8.39. The highest BCUT2D eigenvalue weighted by Gasteiger charge is 2.28. The number of carbonyl (C=O) groups is 2. The molecule has 0 atom stereocenters. The number of thioether (sulfide) groups is 1. The van der Waals surface area contributed by atoms with Crippen molar-refractivity contribution in [2.45, 2.75) is 0 Å². The van der Waals surface area contributed by atoms with Crippen molar-refractivity contribution >= 4 is 46.3 Å². The molecular formula is C16H11NO4S2. The smallest absolute Gasteiger partial charge is 0.346 e. The van der Waals surface area contributed by atoms with Gasteiger partial charge in [0, 0.05) is 7.05 Å². The van der Waals surface area contributed by atoms with Crippen LogP contribution in [0, 0.1) is 0 Å². The summed E-state index contributed by atoms with van der Waals surface area (Å²) < 4.78 is 10.6. The van der Waals surface area contributed by atoms with Crippen LogP contribution in [0.4, 0.5) is 0 Å². The molecule has 1 aliphatic heterocycles. The number of furan rings is 1. The van der Waals surface area contributed by atoms with Gasteiger partial charge in [-0.15, -0.1) is 0 Å². The number of benzene rings is 1. The topological polar surface area (TPSA) is 59.8 Å². The molecule has 2 heterocycles. The molecular weight excluding hydrogens is 334 g/mol. The monoisotopic (exact) mass is 345 g/mol. The van der Waals surface area contributed by atoms with E-state index in [-0.39, 0.29) is 5.91 Å². The van der Waals surface area contributed by atoms with Gasteiger partial charge in [-0.1, -0.05) is 36.1 Å². The number of rotatable bonds is 3. The maximum absolute atomic E-state index is 11.9. The van der Waals surface area contributed by atoms with E-state index in [9.17, 15) is 9.59 Å². The highest BCUT2D eigenvalue weighted by Crippen LogP contribution is 2.31. The molecule has 1 aromatic heterocycles. The number of amides is 1. The maximum atomic E-state index is 11.9. The predicted octanol–water partition coefficient (Wildman–Crippen LogP) is 3.33. The summed E-state index contributed by atoms with van der Waals surface area (Å²) in [7, 11) is 1.65. The molecule has 1 aliphatic rings. The minimum absolute atomic E-state index is 0.115. The van der Waals surface area contributed by atoms with Crippen LogP contribution in [0.1, 0.15) is 15.9 Å². The van der Waals surface area contributed by atoms with Crippen molar-refractivity contribution in [2.24, 2.45) is 0 Å². The fourth-order valence-electron chi connectivity index (χ4n) is 1.88. The Bertz CT molecular complexity index is 794. The summed E-state index contributed by atoms with van der Waals surface area (Å²) >= 11 is 6.34. The molecule has 0 spiro atoms. The molecule has 5 nitrogen and oxygen atoms in total. The fourth-order valence-corrected chi connectivity index (χ4v) is 3.06. The van der Waals surface area contributed by atoms with Crippen LogP contribution < -0.4 is 4.74 Å². The zero-order valence-electron chi connectivity index (χ0n) is 12.0. The fraction of sp³-hybridized carbons (Fsp3) is 0.0625. The number of ether oxygens (including phenoxy) is 1. The van der Waals surface area contributed by atoms with E-state index in [4.69, 9.17) is 21.4 Å². The molecule has 23 heavy (non-hydrogen) atoms. The van der Waals surface area contributed by atoms with E-state index in [1.807, 2.05) is 0 Å². The van der Waals surface area contributed by atoms with Crippen molar-refractivity contribution in [3.05, 3.63) is 58.9 Å². The summed E-state index contributed by atoms with van der Waals surface area (Å²) in [5.41, 5.74) is 1.17. The Morgan fingerprint density at radius 1 is 1.30 bits per heavy atom. The van der Waals surface area contributed by atoms with Gasteiger partial charge in [0.15, 0.2) is 0 Å². The molecule has 0 radical (unpaired) electrons. The molecule has 1 aromatic carbocycles. The van der Waals surface area contributed by atoms with Gasteiger partial charge in [0.1, 0.15) is 16.3 Å². The molecule has 0 unspecified atom stereocenters. The number of hydrogen-bond donors (Lipinski definition) is 0. The van der Waals surface area contributed by atoms with Crippen LogP contribution in [0.2, 0.25) is 0 Å². The quantitative estimate of drug-likeness (QED) is 0.368. The molecule has 0 aliphatic carbocycles. The van der Waals surface area contributed by atoms with Crippen LogP contribution in [-0.2, 0) is 4.79 Å². The van der Waals surface area contributed by atoms with Gasteiger partial charge in [0.25, 0.3) is 5.91 Å². The zero-order chi connectivity index (χ0) is 16.4. The van der Waals surface area contributed by atoms with Crippen molar-refractivity contribution in [3.63, 3.8) is 0 Å². The van der Waals surface area contributed by atoms with Gasteiger partial charge >= 0.3 is 5.97 Å². The minimum atomic E-state index is -0.488. The molecule has 7 heteroatoms. The third-order valence-electron chi connectivity index (χ3n) is 3.13. The Morgan fingerprint density at radius 3 is 2.61 bits per heavy atom. The van der Waals surface area contributed by atoms with Crippen LogP contribution in [0.3, 0.4) is 0 Å². The number of thiocarbonyl (C=S) groups is 1. The Morgan fingerprint density at radius 2 is 2.04 bits per heavy atom. The standard InChI is InChI=1S/C16H11NO4S2/c1-17-14(18)13(23-16(17)22)8-10-2-4-12(5-3-10)21-15(19)11-6-7-20-9-11/h2-9H,1H3. The number of esters is 1. The highest BCUT2D eigenvalue weighted by atomic mass is 32.2. The molecule has 2 aromatic rings. The molecule has 1 fully saturated rings. The molecule has 116 valence electrons. The van der Waals surface area contributed by atoms with E-state index in [1.54, 1.807) is 37.4 Å². The van der Waals surface area contributed by atoms with Crippen molar-refractivity contribution in [1.82, 2.24) is 4.90 Å². The number of hydrogen-bond acceptors (Lipinski definition) is 6. The average Bonchev–Trinajstić information content (AvgIpc) is 3.15. The number of nitrogens with zero attached hydrogens (tertiary/aromatic N) is 1. The summed E-state index contributed by atoms with van der Waals surface area (Å²) in [4.78, 5) is 25.7. The summed E-state index contributed by atoms with van der Waals surface area (Å²) in [5.74, 6) is -0.190. The Balaban J connectivity index is 1.72. The predicted molar refractivity (Wildman–Crippen MR) is 91.0 cm³/mol. The van der Waals surface area contributed by atoms with E-state index in [1.165, 1.54) is 35.3 Å². The Kier molecular flexibility index (Phi) is 4.31. The van der Waals surface area contributed by atoms with Crippen LogP contribution in [0.5, 0.6) is 5.75 Å². The van der Waals surface area contributed by atoms with Crippen molar-refractivity contribution < 1.29 is 18.7 Å². The highest BCUT2D eigenvalue weighted by molar-refractivity contribution is 8.26. The lowest BCUT2D eigenvalue weighted by Gasteiger charge is -2.04. The molecule has 1 amide bonds. The van der Waals surface area contributed by atoms with E-state index in [2.05, 4.69) is 0 Å². The lowest BCUT2D eigenvalue weighted by Crippen LogP contribution is -2.22. The van der Waals surface area contributed by atoms with Crippen molar-refractivity contribution in [3.8, 4) is 5.75 Å². The normalized spacial score (nSPS) is 16.2. The minimum Gasteiger partial charge on any atom is -0.472 e. The average molecular weight is 345 g/mol. The number of likely N-dealkylation sites (N-methyl/N-ethyl adjacent to an activating group) is 1. The van der Waals surface area contributed by atoms with Gasteiger partial charge in [0.2, 0.25) is 0 Å². The van der Waals surface area contributed by atoms with Crippen LogP contribution in [0.15, 0.2) is 52.2 Å². The molecule has 3 rings (SSSR count). The lowest BCUT2D eigenvalue weighted by atomic mass is 10.2. The molecule has 0 saturated carbocycles. The molecule has 0 bridgehead atoms. The van der Waals surface area contributed by atoms with E-state index < -0.39 is 5.97 Å². The SMILES string of the molecule is CN1C(=O)C(=Cc2ccc(OC(=O)c3ccoc3)cc2)SC1=S. The van der Waals surface area contributed by atoms with Gasteiger partial charge in [0.05, 0.1) is 16.7 Å². The first kappa shape index (κ1) is 15.5. The first-order valence-electron chi connectivity index (χ1n) is 6.60. The van der Waals surface area contributed by atoms with Gasteiger partial charge < -0.3 is 9.15 Å². The van der Waals surface area contributed by atoms with E-state index in [0.717, 1.165) is 5.56 Å². The lowest BCUT2D eigenvalue weighted by molar-refractivity contribution is -0.121. The summed E-state index contributed by atoms with van der Waals surface area (Å²) in [6.07, 6.45) is 4.48. The molecule has 0 N–H and O–H groups in total. The van der Waals surface area contributed by atoms with Crippen LogP contribution in [0.25, 0.3) is 6.08 Å². The molecule has 1 saturated heterocycles. The summed E-state index contributed by atoms with van der Waals surface area (Å²) in [5, 5.41) is 0. The second-order valence-corrected chi connectivity index (χ2v) is 6.39. The summed E-state index contributed by atoms with van der Waals surface area (Å²) in [6.45, 7) is 0.